The predicted molar refractivity (Wildman–Crippen MR) is 255 cm³/mol. The van der Waals surface area contributed by atoms with Crippen molar-refractivity contribution in [3.8, 4) is 50.2 Å². The Bertz CT molecular complexity index is 3290. The smallest absolute Gasteiger partial charge is 0.0561 e. The average Bonchev–Trinajstić information content (AvgIpc) is 3.66. The fraction of sp³-hybridized carbons (Fsp3) is 0. The molecule has 0 bridgehead atoms. The van der Waals surface area contributed by atoms with Crippen LogP contribution in [0.3, 0.4) is 0 Å². The maximum Gasteiger partial charge on any atom is 0.0561 e. The molecule has 1 heterocycles. The van der Waals surface area contributed by atoms with Gasteiger partial charge in [0, 0.05) is 33.4 Å². The number of anilines is 3. The van der Waals surface area contributed by atoms with Gasteiger partial charge in [0.25, 0.3) is 0 Å². The number of hydrogen-bond acceptors (Lipinski definition) is 1. The molecular formula is C58H40N2. The summed E-state index contributed by atoms with van der Waals surface area (Å²) >= 11 is 0. The first-order valence-electron chi connectivity index (χ1n) is 20.6. The lowest BCUT2D eigenvalue weighted by molar-refractivity contribution is 1.18. The molecule has 1 aromatic heterocycles. The van der Waals surface area contributed by atoms with Crippen molar-refractivity contribution >= 4 is 49.6 Å². The minimum Gasteiger partial charge on any atom is -0.310 e. The van der Waals surface area contributed by atoms with Gasteiger partial charge in [0.1, 0.15) is 0 Å². The van der Waals surface area contributed by atoms with Gasteiger partial charge in [0.05, 0.1) is 16.7 Å². The standard InChI is InChI=1S/C58H40N2/c1-5-18-41(19-6-1)45-32-37-57(55(38-45)44-22-9-3-10-23-44)59(48-34-36-53-52-29-15-16-31-56(52)60(58(53)40-48)46-26-11-4-12-27-46)47-33-35-51(54(39-47)43-20-7-2-8-21-43)50-30-17-25-42-24-13-14-28-49(42)50/h1-40H. The van der Waals surface area contributed by atoms with E-state index in [0.717, 1.165) is 39.4 Å². The van der Waals surface area contributed by atoms with Gasteiger partial charge in [-0.15, -0.1) is 0 Å². The molecule has 0 N–H and O–H groups in total. The van der Waals surface area contributed by atoms with Crippen LogP contribution in [0.15, 0.2) is 243 Å². The van der Waals surface area contributed by atoms with Gasteiger partial charge in [-0.1, -0.05) is 188 Å². The van der Waals surface area contributed by atoms with E-state index in [4.69, 9.17) is 0 Å². The van der Waals surface area contributed by atoms with E-state index in [1.165, 1.54) is 60.4 Å². The van der Waals surface area contributed by atoms with Gasteiger partial charge in [0.2, 0.25) is 0 Å². The van der Waals surface area contributed by atoms with E-state index >= 15 is 0 Å². The van der Waals surface area contributed by atoms with E-state index in [0.29, 0.717) is 0 Å². The highest BCUT2D eigenvalue weighted by atomic mass is 15.1. The van der Waals surface area contributed by atoms with E-state index in [1.807, 2.05) is 0 Å². The molecule has 60 heavy (non-hydrogen) atoms. The van der Waals surface area contributed by atoms with E-state index < -0.39 is 0 Å². The molecule has 0 fully saturated rings. The fourth-order valence-corrected chi connectivity index (χ4v) is 8.99. The van der Waals surface area contributed by atoms with E-state index in [1.54, 1.807) is 0 Å². The van der Waals surface area contributed by atoms with E-state index in [9.17, 15) is 0 Å². The van der Waals surface area contributed by atoms with Crippen molar-refractivity contribution in [1.29, 1.82) is 0 Å². The number of fused-ring (bicyclic) bond motifs is 4. The Morgan fingerprint density at radius 1 is 0.283 bits per heavy atom. The summed E-state index contributed by atoms with van der Waals surface area (Å²) in [7, 11) is 0. The van der Waals surface area contributed by atoms with Crippen molar-refractivity contribution < 1.29 is 0 Å². The largest absolute Gasteiger partial charge is 0.310 e. The second kappa shape index (κ2) is 15.1. The zero-order chi connectivity index (χ0) is 39.8. The summed E-state index contributed by atoms with van der Waals surface area (Å²) in [6, 6.07) is 88.1. The third-order valence-electron chi connectivity index (χ3n) is 11.8. The SMILES string of the molecule is c1ccc(-c2ccc(N(c3ccc(-c4cccc5ccccc45)c(-c4ccccc4)c3)c3ccc4c5ccccc5n(-c5ccccc5)c4c3)c(-c3ccccc3)c2)cc1. The third-order valence-corrected chi connectivity index (χ3v) is 11.8. The van der Waals surface area contributed by atoms with Crippen LogP contribution in [0.4, 0.5) is 17.1 Å². The van der Waals surface area contributed by atoms with Crippen molar-refractivity contribution in [3.05, 3.63) is 243 Å². The molecule has 0 saturated heterocycles. The molecule has 0 saturated carbocycles. The van der Waals surface area contributed by atoms with Gasteiger partial charge in [-0.25, -0.2) is 0 Å². The molecule has 282 valence electrons. The van der Waals surface area contributed by atoms with Crippen LogP contribution in [-0.2, 0) is 0 Å². The van der Waals surface area contributed by atoms with Crippen molar-refractivity contribution in [1.82, 2.24) is 4.57 Å². The van der Waals surface area contributed by atoms with Gasteiger partial charge in [-0.3, -0.25) is 0 Å². The minimum absolute atomic E-state index is 1.07. The molecule has 0 aliphatic carbocycles. The number of nitrogens with zero attached hydrogens (tertiary/aromatic N) is 2. The molecule has 0 amide bonds. The van der Waals surface area contributed by atoms with Gasteiger partial charge in [0.15, 0.2) is 0 Å². The number of para-hydroxylation sites is 2. The van der Waals surface area contributed by atoms with E-state index in [2.05, 4.69) is 252 Å². The number of aromatic nitrogens is 1. The zero-order valence-electron chi connectivity index (χ0n) is 33.0. The quantitative estimate of drug-likeness (QED) is 0.150. The molecule has 0 radical (unpaired) electrons. The summed E-state index contributed by atoms with van der Waals surface area (Å²) in [5, 5.41) is 4.92. The monoisotopic (exact) mass is 764 g/mol. The fourth-order valence-electron chi connectivity index (χ4n) is 8.99. The summed E-state index contributed by atoms with van der Waals surface area (Å²) in [6.07, 6.45) is 0. The lowest BCUT2D eigenvalue weighted by Crippen LogP contribution is -2.12. The summed E-state index contributed by atoms with van der Waals surface area (Å²) in [5.74, 6) is 0. The summed E-state index contributed by atoms with van der Waals surface area (Å²) < 4.78 is 2.40. The first-order chi connectivity index (χ1) is 29.8. The first kappa shape index (κ1) is 35.2. The number of benzene rings is 10. The van der Waals surface area contributed by atoms with Crippen LogP contribution in [0.5, 0.6) is 0 Å². The Labute approximate surface area is 350 Å². The molecule has 0 aliphatic rings. The normalized spacial score (nSPS) is 11.3. The van der Waals surface area contributed by atoms with E-state index in [-0.39, 0.29) is 0 Å². The molecule has 2 nitrogen and oxygen atoms in total. The Balaban J connectivity index is 1.21. The predicted octanol–water partition coefficient (Wildman–Crippen LogP) is 16.1. The summed E-state index contributed by atoms with van der Waals surface area (Å²) in [5.41, 5.74) is 16.2. The number of hydrogen-bond donors (Lipinski definition) is 0. The molecule has 10 aromatic carbocycles. The van der Waals surface area contributed by atoms with Crippen LogP contribution in [0.2, 0.25) is 0 Å². The van der Waals surface area contributed by atoms with Crippen LogP contribution in [-0.4, -0.2) is 4.57 Å². The molecule has 0 atom stereocenters. The second-order valence-electron chi connectivity index (χ2n) is 15.3. The third kappa shape index (κ3) is 6.23. The molecular weight excluding hydrogens is 725 g/mol. The van der Waals surface area contributed by atoms with Crippen LogP contribution >= 0.6 is 0 Å². The van der Waals surface area contributed by atoms with Crippen LogP contribution in [0.1, 0.15) is 0 Å². The molecule has 11 aromatic rings. The summed E-state index contributed by atoms with van der Waals surface area (Å²) in [6.45, 7) is 0. The Morgan fingerprint density at radius 2 is 0.850 bits per heavy atom. The van der Waals surface area contributed by atoms with Gasteiger partial charge in [-0.2, -0.15) is 0 Å². The Hall–Kier alpha value is -7.94. The Morgan fingerprint density at radius 3 is 1.60 bits per heavy atom. The maximum atomic E-state index is 2.46. The van der Waals surface area contributed by atoms with Crippen LogP contribution in [0, 0.1) is 0 Å². The van der Waals surface area contributed by atoms with Gasteiger partial charge in [-0.05, 0) is 104 Å². The average molecular weight is 765 g/mol. The Kier molecular flexibility index (Phi) is 8.87. The lowest BCUT2D eigenvalue weighted by Gasteiger charge is -2.29. The minimum atomic E-state index is 1.07. The van der Waals surface area contributed by atoms with Crippen molar-refractivity contribution in [2.75, 3.05) is 4.90 Å². The number of rotatable bonds is 8. The van der Waals surface area contributed by atoms with Crippen molar-refractivity contribution in [3.63, 3.8) is 0 Å². The molecule has 0 spiro atoms. The van der Waals surface area contributed by atoms with Crippen molar-refractivity contribution in [2.45, 2.75) is 0 Å². The highest BCUT2D eigenvalue weighted by Gasteiger charge is 2.23. The second-order valence-corrected chi connectivity index (χ2v) is 15.3. The van der Waals surface area contributed by atoms with Crippen molar-refractivity contribution in [2.24, 2.45) is 0 Å². The topological polar surface area (TPSA) is 8.17 Å². The highest BCUT2D eigenvalue weighted by molar-refractivity contribution is 6.11. The summed E-state index contributed by atoms with van der Waals surface area (Å²) in [4.78, 5) is 2.46. The molecule has 0 unspecified atom stereocenters. The molecule has 11 rings (SSSR count). The maximum absolute atomic E-state index is 2.46. The highest BCUT2D eigenvalue weighted by Crippen LogP contribution is 2.47. The molecule has 0 aliphatic heterocycles. The van der Waals surface area contributed by atoms with Gasteiger partial charge >= 0.3 is 0 Å². The zero-order valence-corrected chi connectivity index (χ0v) is 33.0. The van der Waals surface area contributed by atoms with Gasteiger partial charge < -0.3 is 9.47 Å². The van der Waals surface area contributed by atoms with Crippen LogP contribution < -0.4 is 4.90 Å². The molecule has 2 heteroatoms. The first-order valence-corrected chi connectivity index (χ1v) is 20.6. The van der Waals surface area contributed by atoms with Crippen LogP contribution in [0.25, 0.3) is 82.8 Å². The lowest BCUT2D eigenvalue weighted by atomic mass is 9.90.